The average molecular weight is 257 g/mol. The summed E-state index contributed by atoms with van der Waals surface area (Å²) in [5, 5.41) is 2.85. The number of anilines is 2. The van der Waals surface area contributed by atoms with Crippen LogP contribution in [0.25, 0.3) is 0 Å². The molecular formula is C14H15N3O2. The molecule has 0 radical (unpaired) electrons. The Hall–Kier alpha value is -2.13. The molecule has 0 bridgehead atoms. The molecule has 1 N–H and O–H groups in total. The molecule has 0 unspecified atom stereocenters. The molecular weight excluding hydrogens is 242 g/mol. The van der Waals surface area contributed by atoms with Gasteiger partial charge in [-0.2, -0.15) is 4.99 Å². The van der Waals surface area contributed by atoms with Gasteiger partial charge in [-0.15, -0.1) is 0 Å². The van der Waals surface area contributed by atoms with Gasteiger partial charge in [-0.1, -0.05) is 6.07 Å². The predicted molar refractivity (Wildman–Crippen MR) is 72.0 cm³/mol. The quantitative estimate of drug-likeness (QED) is 0.649. The van der Waals surface area contributed by atoms with Crippen LogP contribution in [0.3, 0.4) is 0 Å². The number of hydrogen-bond acceptors (Lipinski definition) is 4. The maximum Gasteiger partial charge on any atom is 0.243 e. The normalized spacial score (nSPS) is 19.8. The van der Waals surface area contributed by atoms with Crippen LogP contribution < -0.4 is 10.2 Å². The van der Waals surface area contributed by atoms with E-state index in [4.69, 9.17) is 0 Å². The lowest BCUT2D eigenvalue weighted by molar-refractivity contribution is -0.115. The largest absolute Gasteiger partial charge is 0.364 e. The number of aliphatic imine (C=N–C) groups is 1. The fourth-order valence-corrected chi connectivity index (χ4v) is 2.80. The Bertz CT molecular complexity index is 586. The first-order valence-corrected chi connectivity index (χ1v) is 6.39. The Morgan fingerprint density at radius 3 is 2.84 bits per heavy atom. The zero-order valence-electron chi connectivity index (χ0n) is 10.8. The number of carbonyl (C=O) groups excluding carboxylic acids is 2. The second kappa shape index (κ2) is 4.21. The van der Waals surface area contributed by atoms with Gasteiger partial charge in [-0.3, -0.25) is 4.79 Å². The third-order valence-electron chi connectivity index (χ3n) is 4.04. The van der Waals surface area contributed by atoms with Crippen LogP contribution in [-0.2, 0) is 15.1 Å². The Kier molecular flexibility index (Phi) is 2.64. The summed E-state index contributed by atoms with van der Waals surface area (Å²) in [6, 6.07) is 5.85. The van der Waals surface area contributed by atoms with E-state index in [1.54, 1.807) is 6.08 Å². The molecule has 0 atom stereocenters. The highest BCUT2D eigenvalue weighted by Crippen LogP contribution is 2.46. The van der Waals surface area contributed by atoms with E-state index in [-0.39, 0.29) is 11.4 Å². The highest BCUT2D eigenvalue weighted by Gasteiger charge is 2.39. The number of benzene rings is 1. The van der Waals surface area contributed by atoms with Gasteiger partial charge in [-0.05, 0) is 37.0 Å². The monoisotopic (exact) mass is 257 g/mol. The van der Waals surface area contributed by atoms with Crippen LogP contribution in [-0.4, -0.2) is 25.6 Å². The third-order valence-corrected chi connectivity index (χ3v) is 4.04. The molecule has 1 aromatic rings. The van der Waals surface area contributed by atoms with Gasteiger partial charge in [-0.25, -0.2) is 4.79 Å². The molecule has 98 valence electrons. The van der Waals surface area contributed by atoms with Crippen LogP contribution in [0.5, 0.6) is 0 Å². The minimum Gasteiger partial charge on any atom is -0.364 e. The SMILES string of the molecule is CN1CC(=O)Nc2ccc(C3(N=C=O)CCC3)cc21. The van der Waals surface area contributed by atoms with Crippen molar-refractivity contribution in [1.29, 1.82) is 0 Å². The van der Waals surface area contributed by atoms with Crippen LogP contribution in [0, 0.1) is 0 Å². The summed E-state index contributed by atoms with van der Waals surface area (Å²) in [4.78, 5) is 28.0. The number of fused-ring (bicyclic) bond motifs is 1. The van der Waals surface area contributed by atoms with Crippen molar-refractivity contribution in [3.8, 4) is 0 Å². The molecule has 1 amide bonds. The Balaban J connectivity index is 2.04. The molecule has 5 heteroatoms. The van der Waals surface area contributed by atoms with Crippen LogP contribution in [0.1, 0.15) is 24.8 Å². The van der Waals surface area contributed by atoms with Gasteiger partial charge in [0.15, 0.2) is 0 Å². The van der Waals surface area contributed by atoms with Gasteiger partial charge in [0.1, 0.15) is 0 Å². The number of rotatable bonds is 2. The maximum atomic E-state index is 11.5. The molecule has 1 aromatic carbocycles. The minimum absolute atomic E-state index is 0.00739. The number of nitrogens with zero attached hydrogens (tertiary/aromatic N) is 2. The van der Waals surface area contributed by atoms with Crippen molar-refractivity contribution in [3.05, 3.63) is 23.8 Å². The van der Waals surface area contributed by atoms with Crippen LogP contribution in [0.2, 0.25) is 0 Å². The van der Waals surface area contributed by atoms with Crippen molar-refractivity contribution in [2.24, 2.45) is 4.99 Å². The smallest absolute Gasteiger partial charge is 0.243 e. The molecule has 5 nitrogen and oxygen atoms in total. The van der Waals surface area contributed by atoms with E-state index < -0.39 is 0 Å². The predicted octanol–water partition coefficient (Wildman–Crippen LogP) is 1.79. The molecule has 1 saturated carbocycles. The van der Waals surface area contributed by atoms with Gasteiger partial charge >= 0.3 is 0 Å². The second-order valence-electron chi connectivity index (χ2n) is 5.22. The number of hydrogen-bond donors (Lipinski definition) is 1. The average Bonchev–Trinajstić information content (AvgIpc) is 2.33. The van der Waals surface area contributed by atoms with E-state index in [1.165, 1.54) is 0 Å². The highest BCUT2D eigenvalue weighted by atomic mass is 16.2. The topological polar surface area (TPSA) is 61.8 Å². The molecule has 0 saturated heterocycles. The van der Waals surface area contributed by atoms with E-state index in [0.29, 0.717) is 6.54 Å². The van der Waals surface area contributed by atoms with Gasteiger partial charge < -0.3 is 10.2 Å². The number of nitrogens with one attached hydrogen (secondary N) is 1. The van der Waals surface area contributed by atoms with Crippen LogP contribution in [0.4, 0.5) is 11.4 Å². The summed E-state index contributed by atoms with van der Waals surface area (Å²) in [7, 11) is 1.89. The number of isocyanates is 1. The Labute approximate surface area is 111 Å². The molecule has 19 heavy (non-hydrogen) atoms. The van der Waals surface area contributed by atoms with Crippen molar-refractivity contribution in [3.63, 3.8) is 0 Å². The van der Waals surface area contributed by atoms with E-state index in [9.17, 15) is 9.59 Å². The first kappa shape index (κ1) is 11.9. The molecule has 0 aromatic heterocycles. The standard InChI is InChI=1S/C14H15N3O2/c1-17-8-13(19)16-11-4-3-10(7-12(11)17)14(15-9-18)5-2-6-14/h3-4,7H,2,5-6,8H2,1H3,(H,16,19). The first-order chi connectivity index (χ1) is 9.14. The zero-order chi connectivity index (χ0) is 13.5. The zero-order valence-corrected chi connectivity index (χ0v) is 10.8. The molecule has 0 spiro atoms. The van der Waals surface area contributed by atoms with Crippen molar-refractivity contribution >= 4 is 23.4 Å². The van der Waals surface area contributed by atoms with Crippen molar-refractivity contribution in [2.45, 2.75) is 24.8 Å². The molecule has 1 aliphatic carbocycles. The summed E-state index contributed by atoms with van der Waals surface area (Å²) < 4.78 is 0. The Morgan fingerprint density at radius 1 is 1.42 bits per heavy atom. The number of carbonyl (C=O) groups is 1. The van der Waals surface area contributed by atoms with Crippen LogP contribution >= 0.6 is 0 Å². The molecule has 1 fully saturated rings. The molecule has 3 rings (SSSR count). The van der Waals surface area contributed by atoms with Crippen LogP contribution in [0.15, 0.2) is 23.2 Å². The fourth-order valence-electron chi connectivity index (χ4n) is 2.80. The van der Waals surface area contributed by atoms with Gasteiger partial charge in [0.05, 0.1) is 23.5 Å². The lowest BCUT2D eigenvalue weighted by atomic mass is 9.72. The van der Waals surface area contributed by atoms with Gasteiger partial charge in [0, 0.05) is 7.05 Å². The lowest BCUT2D eigenvalue weighted by Gasteiger charge is -2.38. The molecule has 1 heterocycles. The van der Waals surface area contributed by atoms with E-state index in [2.05, 4.69) is 10.3 Å². The molecule has 2 aliphatic rings. The fraction of sp³-hybridized carbons (Fsp3) is 0.429. The number of likely N-dealkylation sites (N-methyl/N-ethyl adjacent to an activating group) is 1. The van der Waals surface area contributed by atoms with Crippen molar-refractivity contribution in [1.82, 2.24) is 0 Å². The molecule has 1 aliphatic heterocycles. The Morgan fingerprint density at radius 2 is 2.21 bits per heavy atom. The van der Waals surface area contributed by atoms with Crippen molar-refractivity contribution < 1.29 is 9.59 Å². The van der Waals surface area contributed by atoms with E-state index in [0.717, 1.165) is 36.2 Å². The van der Waals surface area contributed by atoms with E-state index >= 15 is 0 Å². The van der Waals surface area contributed by atoms with Gasteiger partial charge in [0.25, 0.3) is 0 Å². The summed E-state index contributed by atoms with van der Waals surface area (Å²) in [6.07, 6.45) is 4.55. The van der Waals surface area contributed by atoms with Crippen molar-refractivity contribution in [2.75, 3.05) is 23.8 Å². The minimum atomic E-state index is -0.390. The lowest BCUT2D eigenvalue weighted by Crippen LogP contribution is -2.36. The summed E-state index contributed by atoms with van der Waals surface area (Å²) >= 11 is 0. The van der Waals surface area contributed by atoms with Gasteiger partial charge in [0.2, 0.25) is 12.0 Å². The first-order valence-electron chi connectivity index (χ1n) is 6.39. The maximum absolute atomic E-state index is 11.5. The summed E-state index contributed by atoms with van der Waals surface area (Å²) in [5.74, 6) is -0.00739. The highest BCUT2D eigenvalue weighted by molar-refractivity contribution is 6.01. The summed E-state index contributed by atoms with van der Waals surface area (Å²) in [5.41, 5.74) is 2.43. The third kappa shape index (κ3) is 1.83. The van der Waals surface area contributed by atoms with E-state index in [1.807, 2.05) is 30.1 Å². The second-order valence-corrected chi connectivity index (χ2v) is 5.22. The summed E-state index contributed by atoms with van der Waals surface area (Å²) in [6.45, 7) is 0.348. The number of amides is 1.